The summed E-state index contributed by atoms with van der Waals surface area (Å²) in [5, 5.41) is 0.531. The molecule has 0 radical (unpaired) electrons. The van der Waals surface area contributed by atoms with E-state index < -0.39 is 0 Å². The van der Waals surface area contributed by atoms with E-state index in [0.29, 0.717) is 11.0 Å². The molecule has 0 aliphatic heterocycles. The summed E-state index contributed by atoms with van der Waals surface area (Å²) in [7, 11) is 0. The lowest BCUT2D eigenvalue weighted by Crippen LogP contribution is -2.07. The molecule has 0 saturated carbocycles. The first kappa shape index (κ1) is 6.97. The molecule has 2 heterocycles. The van der Waals surface area contributed by atoms with Crippen LogP contribution in [0.25, 0.3) is 11.0 Å². The third-order valence-corrected chi connectivity index (χ3v) is 1.65. The van der Waals surface area contributed by atoms with Gasteiger partial charge in [-0.1, -0.05) is 0 Å². The number of fused-ring (bicyclic) bond motifs is 1. The fourth-order valence-electron chi connectivity index (χ4n) is 1.06. The highest BCUT2D eigenvalue weighted by molar-refractivity contribution is 5.72. The van der Waals surface area contributed by atoms with E-state index in [1.807, 2.05) is 6.92 Å². The highest BCUT2D eigenvalue weighted by Crippen LogP contribution is 2.02. The topological polar surface area (TPSA) is 58.6 Å². The maximum Gasteiger partial charge on any atom is 0.282 e. The minimum atomic E-state index is -0.240. The van der Waals surface area contributed by atoms with E-state index in [0.717, 1.165) is 5.69 Å². The van der Waals surface area contributed by atoms with Gasteiger partial charge in [0.15, 0.2) is 0 Å². The zero-order valence-corrected chi connectivity index (χ0v) is 6.53. The zero-order chi connectivity index (χ0) is 8.55. The van der Waals surface area contributed by atoms with Crippen molar-refractivity contribution in [1.29, 1.82) is 0 Å². The Morgan fingerprint density at radius 2 is 2.25 bits per heavy atom. The fourth-order valence-corrected chi connectivity index (χ4v) is 1.06. The van der Waals surface area contributed by atoms with Gasteiger partial charge in [-0.15, -0.1) is 0 Å². The lowest BCUT2D eigenvalue weighted by atomic mass is 10.3. The van der Waals surface area contributed by atoms with Crippen molar-refractivity contribution < 1.29 is 0 Å². The first-order chi connectivity index (χ1) is 5.77. The van der Waals surface area contributed by atoms with Crippen molar-refractivity contribution in [2.75, 3.05) is 0 Å². The molecule has 4 heteroatoms. The monoisotopic (exact) mass is 161 g/mol. The maximum absolute atomic E-state index is 11.1. The Morgan fingerprint density at radius 3 is 3.08 bits per heavy atom. The van der Waals surface area contributed by atoms with E-state index in [9.17, 15) is 4.79 Å². The molecule has 0 aromatic carbocycles. The van der Waals surface area contributed by atoms with Gasteiger partial charge in [-0.3, -0.25) is 4.79 Å². The first-order valence-corrected chi connectivity index (χ1v) is 3.58. The smallest absolute Gasteiger partial charge is 0.282 e. The van der Waals surface area contributed by atoms with Crippen molar-refractivity contribution in [2.24, 2.45) is 0 Å². The molecular formula is C8H7N3O. The van der Waals surface area contributed by atoms with Gasteiger partial charge in [-0.05, 0) is 19.1 Å². The van der Waals surface area contributed by atoms with Crippen LogP contribution < -0.4 is 5.56 Å². The summed E-state index contributed by atoms with van der Waals surface area (Å²) < 4.78 is 0. The van der Waals surface area contributed by atoms with Crippen LogP contribution in [0.2, 0.25) is 0 Å². The van der Waals surface area contributed by atoms with Crippen molar-refractivity contribution in [3.63, 3.8) is 0 Å². The number of hydrogen-bond donors (Lipinski definition) is 1. The third-order valence-electron chi connectivity index (χ3n) is 1.65. The molecule has 0 bridgehead atoms. The van der Waals surface area contributed by atoms with Crippen LogP contribution in [-0.2, 0) is 0 Å². The summed E-state index contributed by atoms with van der Waals surface area (Å²) in [5.41, 5.74) is 1.23. The van der Waals surface area contributed by atoms with E-state index >= 15 is 0 Å². The molecule has 0 saturated heterocycles. The van der Waals surface area contributed by atoms with E-state index in [1.54, 1.807) is 12.1 Å². The summed E-state index contributed by atoms with van der Waals surface area (Å²) >= 11 is 0. The Kier molecular flexibility index (Phi) is 1.40. The van der Waals surface area contributed by atoms with Crippen molar-refractivity contribution in [3.05, 3.63) is 34.5 Å². The second kappa shape index (κ2) is 2.41. The number of aryl methyl sites for hydroxylation is 1. The molecule has 2 rings (SSSR count). The summed E-state index contributed by atoms with van der Waals surface area (Å²) in [6, 6.07) is 3.52. The summed E-state index contributed by atoms with van der Waals surface area (Å²) in [6.45, 7) is 1.87. The van der Waals surface area contributed by atoms with Crippen LogP contribution in [0, 0.1) is 6.92 Å². The largest absolute Gasteiger partial charge is 0.330 e. The van der Waals surface area contributed by atoms with Gasteiger partial charge in [-0.2, -0.15) is 4.98 Å². The molecule has 4 nitrogen and oxygen atoms in total. The minimum Gasteiger partial charge on any atom is -0.330 e. The van der Waals surface area contributed by atoms with Gasteiger partial charge in [0.2, 0.25) is 0 Å². The van der Waals surface area contributed by atoms with Crippen molar-refractivity contribution >= 4 is 11.0 Å². The van der Waals surface area contributed by atoms with Crippen LogP contribution in [0.5, 0.6) is 0 Å². The molecule has 2 aromatic heterocycles. The highest BCUT2D eigenvalue weighted by atomic mass is 16.1. The number of hydrogen-bond acceptors (Lipinski definition) is 3. The summed E-state index contributed by atoms with van der Waals surface area (Å²) in [5.74, 6) is 0. The molecule has 0 aliphatic rings. The highest BCUT2D eigenvalue weighted by Gasteiger charge is 1.98. The normalized spacial score (nSPS) is 10.4. The van der Waals surface area contributed by atoms with Gasteiger partial charge < -0.3 is 4.98 Å². The Balaban J connectivity index is 2.96. The second-order valence-corrected chi connectivity index (χ2v) is 2.56. The van der Waals surface area contributed by atoms with E-state index in [1.165, 1.54) is 6.33 Å². The molecule has 0 aliphatic carbocycles. The van der Waals surface area contributed by atoms with E-state index in [2.05, 4.69) is 15.0 Å². The van der Waals surface area contributed by atoms with E-state index in [-0.39, 0.29) is 5.56 Å². The molecule has 0 spiro atoms. The Morgan fingerprint density at radius 1 is 1.42 bits per heavy atom. The Labute approximate surface area is 68.3 Å². The second-order valence-electron chi connectivity index (χ2n) is 2.56. The molecule has 2 aromatic rings. The first-order valence-electron chi connectivity index (χ1n) is 3.58. The van der Waals surface area contributed by atoms with Crippen LogP contribution in [0.3, 0.4) is 0 Å². The number of nitrogens with zero attached hydrogens (tertiary/aromatic N) is 2. The Bertz CT molecular complexity index is 475. The number of aromatic amines is 1. The molecular weight excluding hydrogens is 154 g/mol. The molecule has 60 valence electrons. The molecule has 0 atom stereocenters. The number of rotatable bonds is 0. The van der Waals surface area contributed by atoms with Crippen LogP contribution in [0.1, 0.15) is 5.69 Å². The van der Waals surface area contributed by atoms with Gasteiger partial charge in [0.05, 0.1) is 11.7 Å². The van der Waals surface area contributed by atoms with Crippen LogP contribution in [0.4, 0.5) is 0 Å². The summed E-state index contributed by atoms with van der Waals surface area (Å²) in [6.07, 6.45) is 1.36. The molecule has 12 heavy (non-hydrogen) atoms. The van der Waals surface area contributed by atoms with Crippen LogP contribution in [-0.4, -0.2) is 15.0 Å². The number of aromatic nitrogens is 3. The lowest BCUT2D eigenvalue weighted by molar-refractivity contribution is 1.12. The zero-order valence-electron chi connectivity index (χ0n) is 6.53. The van der Waals surface area contributed by atoms with Crippen molar-refractivity contribution in [1.82, 2.24) is 15.0 Å². The molecule has 0 unspecified atom stereocenters. The molecule has 0 fully saturated rings. The van der Waals surface area contributed by atoms with Gasteiger partial charge in [0.1, 0.15) is 5.65 Å². The molecule has 0 amide bonds. The number of pyridine rings is 1. The molecule has 1 N–H and O–H groups in total. The number of nitrogens with one attached hydrogen (secondary N) is 1. The maximum atomic E-state index is 11.1. The quantitative estimate of drug-likeness (QED) is 0.616. The predicted octanol–water partition coefficient (Wildman–Crippen LogP) is 0.627. The average molecular weight is 161 g/mol. The Hall–Kier alpha value is -1.71. The standard InChI is InChI=1S/C8H7N3O/c1-5-2-3-6-7(11-5)9-4-10-8(6)12/h2-4H,1H3,(H,9,10,11,12). The van der Waals surface area contributed by atoms with E-state index in [4.69, 9.17) is 0 Å². The predicted molar refractivity (Wildman–Crippen MR) is 44.9 cm³/mol. The van der Waals surface area contributed by atoms with Gasteiger partial charge in [0, 0.05) is 5.69 Å². The lowest BCUT2D eigenvalue weighted by Gasteiger charge is -1.95. The SMILES string of the molecule is Cc1ccc2c(=O)nc[nH]c2n1. The third kappa shape index (κ3) is 0.972. The average Bonchev–Trinajstić information content (AvgIpc) is 2.04. The van der Waals surface area contributed by atoms with Crippen molar-refractivity contribution in [3.8, 4) is 0 Å². The van der Waals surface area contributed by atoms with Gasteiger partial charge in [-0.25, -0.2) is 4.98 Å². The van der Waals surface area contributed by atoms with Crippen LogP contribution >= 0.6 is 0 Å². The summed E-state index contributed by atoms with van der Waals surface area (Å²) in [4.78, 5) is 21.7. The van der Waals surface area contributed by atoms with Crippen LogP contribution in [0.15, 0.2) is 23.3 Å². The van der Waals surface area contributed by atoms with Gasteiger partial charge in [0.25, 0.3) is 5.56 Å². The fraction of sp³-hybridized carbons (Fsp3) is 0.125. The number of H-pyrrole nitrogens is 1. The van der Waals surface area contributed by atoms with Gasteiger partial charge >= 0.3 is 0 Å². The van der Waals surface area contributed by atoms with Crippen molar-refractivity contribution in [2.45, 2.75) is 6.92 Å². The minimum absolute atomic E-state index is 0.240.